The van der Waals surface area contributed by atoms with Gasteiger partial charge in [0.2, 0.25) is 0 Å². The molecule has 0 saturated heterocycles. The second-order valence-electron chi connectivity index (χ2n) is 5.01. The van der Waals surface area contributed by atoms with Crippen LogP contribution in [0.4, 0.5) is 0 Å². The van der Waals surface area contributed by atoms with E-state index in [1.807, 2.05) is 30.9 Å². The smallest absolute Gasteiger partial charge is 0.123 e. The SMILES string of the molecule is CNC(CSC(C)(C)C)c1ccccc1OC. The summed E-state index contributed by atoms with van der Waals surface area (Å²) in [6, 6.07) is 8.54. The summed E-state index contributed by atoms with van der Waals surface area (Å²) in [7, 11) is 3.72. The first-order valence-corrected chi connectivity index (χ1v) is 6.90. The van der Waals surface area contributed by atoms with Crippen LogP contribution in [0.5, 0.6) is 5.75 Å². The lowest BCUT2D eigenvalue weighted by molar-refractivity contribution is 0.404. The molecule has 1 atom stereocenters. The molecular weight excluding hydrogens is 230 g/mol. The van der Waals surface area contributed by atoms with Crippen molar-refractivity contribution in [2.75, 3.05) is 19.9 Å². The first-order chi connectivity index (χ1) is 7.98. The first-order valence-electron chi connectivity index (χ1n) is 5.92. The summed E-state index contributed by atoms with van der Waals surface area (Å²) < 4.78 is 5.70. The van der Waals surface area contributed by atoms with Crippen molar-refractivity contribution in [2.24, 2.45) is 0 Å². The zero-order chi connectivity index (χ0) is 12.9. The van der Waals surface area contributed by atoms with Crippen LogP contribution in [-0.2, 0) is 0 Å². The van der Waals surface area contributed by atoms with E-state index in [4.69, 9.17) is 4.74 Å². The maximum Gasteiger partial charge on any atom is 0.123 e. The fourth-order valence-electron chi connectivity index (χ4n) is 1.62. The van der Waals surface area contributed by atoms with Crippen LogP contribution in [0, 0.1) is 0 Å². The third-order valence-electron chi connectivity index (χ3n) is 2.55. The minimum atomic E-state index is 0.289. The number of ether oxygens (including phenoxy) is 1. The molecule has 3 heteroatoms. The summed E-state index contributed by atoms with van der Waals surface area (Å²) in [5.74, 6) is 2.00. The molecule has 0 aromatic heterocycles. The van der Waals surface area contributed by atoms with Crippen molar-refractivity contribution in [2.45, 2.75) is 31.6 Å². The van der Waals surface area contributed by atoms with E-state index in [0.717, 1.165) is 11.5 Å². The van der Waals surface area contributed by atoms with Crippen LogP contribution in [-0.4, -0.2) is 24.7 Å². The Morgan fingerprint density at radius 2 is 1.94 bits per heavy atom. The van der Waals surface area contributed by atoms with Gasteiger partial charge in [-0.25, -0.2) is 0 Å². The molecule has 17 heavy (non-hydrogen) atoms. The number of para-hydroxylation sites is 1. The molecule has 2 nitrogen and oxygen atoms in total. The number of benzene rings is 1. The van der Waals surface area contributed by atoms with E-state index in [1.165, 1.54) is 5.56 Å². The molecule has 0 aliphatic carbocycles. The lowest BCUT2D eigenvalue weighted by Crippen LogP contribution is -2.22. The quantitative estimate of drug-likeness (QED) is 0.868. The fourth-order valence-corrected chi connectivity index (χ4v) is 2.63. The van der Waals surface area contributed by atoms with Crippen molar-refractivity contribution in [1.82, 2.24) is 5.32 Å². The van der Waals surface area contributed by atoms with Crippen molar-refractivity contribution in [3.05, 3.63) is 29.8 Å². The normalized spacial score (nSPS) is 13.5. The Kier molecular flexibility index (Phi) is 5.34. The molecule has 0 spiro atoms. The Morgan fingerprint density at radius 1 is 1.29 bits per heavy atom. The molecule has 0 saturated carbocycles. The molecule has 0 aliphatic heterocycles. The number of rotatable bonds is 5. The molecule has 1 aromatic carbocycles. The predicted molar refractivity (Wildman–Crippen MR) is 77.0 cm³/mol. The number of nitrogens with one attached hydrogen (secondary N) is 1. The molecule has 1 unspecified atom stereocenters. The highest BCUT2D eigenvalue weighted by Crippen LogP contribution is 2.31. The second-order valence-corrected chi connectivity index (χ2v) is 6.85. The van der Waals surface area contributed by atoms with Crippen LogP contribution in [0.1, 0.15) is 32.4 Å². The van der Waals surface area contributed by atoms with E-state index in [-0.39, 0.29) is 4.75 Å². The van der Waals surface area contributed by atoms with Crippen LogP contribution in [0.25, 0.3) is 0 Å². The third kappa shape index (κ3) is 4.60. The molecule has 0 fully saturated rings. The Hall–Kier alpha value is -0.670. The number of methoxy groups -OCH3 is 1. The molecule has 0 heterocycles. The van der Waals surface area contributed by atoms with E-state index in [2.05, 4.69) is 38.2 Å². The van der Waals surface area contributed by atoms with Gasteiger partial charge in [-0.15, -0.1) is 0 Å². The summed E-state index contributed by atoms with van der Waals surface area (Å²) in [6.07, 6.45) is 0. The molecular formula is C14H23NOS. The van der Waals surface area contributed by atoms with Crippen LogP contribution in [0.15, 0.2) is 24.3 Å². The van der Waals surface area contributed by atoms with Gasteiger partial charge in [-0.3, -0.25) is 0 Å². The van der Waals surface area contributed by atoms with Gasteiger partial charge >= 0.3 is 0 Å². The van der Waals surface area contributed by atoms with Crippen molar-refractivity contribution in [3.63, 3.8) is 0 Å². The molecule has 1 N–H and O–H groups in total. The maximum atomic E-state index is 5.41. The van der Waals surface area contributed by atoms with Crippen molar-refractivity contribution in [1.29, 1.82) is 0 Å². The topological polar surface area (TPSA) is 21.3 Å². The fraction of sp³-hybridized carbons (Fsp3) is 0.571. The molecule has 0 bridgehead atoms. The standard InChI is InChI=1S/C14H23NOS/c1-14(2,3)17-10-12(15-4)11-8-6-7-9-13(11)16-5/h6-9,12,15H,10H2,1-5H3. The van der Waals surface area contributed by atoms with Crippen LogP contribution < -0.4 is 10.1 Å². The van der Waals surface area contributed by atoms with Crippen molar-refractivity contribution in [3.8, 4) is 5.75 Å². The average Bonchev–Trinajstić information content (AvgIpc) is 2.29. The Balaban J connectivity index is 2.79. The third-order valence-corrected chi connectivity index (χ3v) is 3.91. The zero-order valence-electron chi connectivity index (χ0n) is 11.4. The highest BCUT2D eigenvalue weighted by molar-refractivity contribution is 8.00. The van der Waals surface area contributed by atoms with Gasteiger partial charge in [0, 0.05) is 22.1 Å². The maximum absolute atomic E-state index is 5.41. The molecule has 96 valence electrons. The van der Waals surface area contributed by atoms with E-state index in [9.17, 15) is 0 Å². The van der Waals surface area contributed by atoms with E-state index in [0.29, 0.717) is 6.04 Å². The van der Waals surface area contributed by atoms with Crippen molar-refractivity contribution < 1.29 is 4.74 Å². The molecule has 0 aliphatic rings. The summed E-state index contributed by atoms with van der Waals surface area (Å²) in [5.41, 5.74) is 1.23. The first kappa shape index (κ1) is 14.4. The van der Waals surface area contributed by atoms with Crippen molar-refractivity contribution >= 4 is 11.8 Å². The lowest BCUT2D eigenvalue weighted by atomic mass is 10.1. The average molecular weight is 253 g/mol. The number of hydrogen-bond acceptors (Lipinski definition) is 3. The Morgan fingerprint density at radius 3 is 2.47 bits per heavy atom. The van der Waals surface area contributed by atoms with Gasteiger partial charge < -0.3 is 10.1 Å². The monoisotopic (exact) mass is 253 g/mol. The summed E-state index contributed by atoms with van der Waals surface area (Å²) >= 11 is 1.96. The van der Waals surface area contributed by atoms with E-state index in [1.54, 1.807) is 7.11 Å². The van der Waals surface area contributed by atoms with Gasteiger partial charge in [-0.05, 0) is 13.1 Å². The molecule has 1 rings (SSSR count). The van der Waals surface area contributed by atoms with Gasteiger partial charge in [0.1, 0.15) is 5.75 Å². The molecule has 0 amide bonds. The number of hydrogen-bond donors (Lipinski definition) is 1. The Labute approximate surface area is 109 Å². The number of thioether (sulfide) groups is 1. The zero-order valence-corrected chi connectivity index (χ0v) is 12.2. The second kappa shape index (κ2) is 6.31. The lowest BCUT2D eigenvalue weighted by Gasteiger charge is -2.24. The summed E-state index contributed by atoms with van der Waals surface area (Å²) in [5, 5.41) is 3.36. The van der Waals surface area contributed by atoms with Crippen LogP contribution >= 0.6 is 11.8 Å². The predicted octanol–water partition coefficient (Wildman–Crippen LogP) is 3.49. The van der Waals surface area contributed by atoms with Crippen LogP contribution in [0.3, 0.4) is 0 Å². The van der Waals surface area contributed by atoms with E-state index < -0.39 is 0 Å². The minimum Gasteiger partial charge on any atom is -0.496 e. The summed E-state index contributed by atoms with van der Waals surface area (Å²) in [4.78, 5) is 0. The van der Waals surface area contributed by atoms with Gasteiger partial charge in [-0.2, -0.15) is 11.8 Å². The summed E-state index contributed by atoms with van der Waals surface area (Å²) in [6.45, 7) is 6.73. The highest BCUT2D eigenvalue weighted by Gasteiger charge is 2.18. The van der Waals surface area contributed by atoms with Gasteiger partial charge in [0.15, 0.2) is 0 Å². The molecule has 1 aromatic rings. The van der Waals surface area contributed by atoms with Gasteiger partial charge in [-0.1, -0.05) is 39.0 Å². The highest BCUT2D eigenvalue weighted by atomic mass is 32.2. The van der Waals surface area contributed by atoms with Crippen LogP contribution in [0.2, 0.25) is 0 Å². The largest absolute Gasteiger partial charge is 0.496 e. The van der Waals surface area contributed by atoms with Gasteiger partial charge in [0.05, 0.1) is 7.11 Å². The molecule has 0 radical (unpaired) electrons. The Bertz CT molecular complexity index is 346. The van der Waals surface area contributed by atoms with E-state index >= 15 is 0 Å². The minimum absolute atomic E-state index is 0.289. The van der Waals surface area contributed by atoms with Gasteiger partial charge in [0.25, 0.3) is 0 Å².